The van der Waals surface area contributed by atoms with E-state index in [0.717, 1.165) is 38.4 Å². The third-order valence-electron chi connectivity index (χ3n) is 3.60. The van der Waals surface area contributed by atoms with Crippen LogP contribution in [0.4, 0.5) is 0 Å². The number of nitrogens with zero attached hydrogens (tertiary/aromatic N) is 2. The number of hydrogen-bond acceptors (Lipinski definition) is 3. The molecule has 1 aliphatic rings. The number of benzene rings is 1. The number of guanidine groups is 1. The predicted octanol–water partition coefficient (Wildman–Crippen LogP) is 2.91. The lowest BCUT2D eigenvalue weighted by Crippen LogP contribution is -2.39. The van der Waals surface area contributed by atoms with Gasteiger partial charge in [-0.1, -0.05) is 29.3 Å². The number of aliphatic imine (C=N–C) groups is 1. The van der Waals surface area contributed by atoms with Crippen molar-refractivity contribution in [1.29, 1.82) is 0 Å². The van der Waals surface area contributed by atoms with Crippen LogP contribution in [0.25, 0.3) is 0 Å². The van der Waals surface area contributed by atoms with Gasteiger partial charge in [-0.2, -0.15) is 0 Å². The zero-order valence-electron chi connectivity index (χ0n) is 13.1. The summed E-state index contributed by atoms with van der Waals surface area (Å²) in [4.78, 5) is 6.68. The second-order valence-corrected chi connectivity index (χ2v) is 6.10. The van der Waals surface area contributed by atoms with Gasteiger partial charge in [0.25, 0.3) is 0 Å². The third kappa shape index (κ3) is 7.01. The number of halogens is 3. The molecule has 1 aliphatic heterocycles. The first-order valence-corrected chi connectivity index (χ1v) is 8.13. The van der Waals surface area contributed by atoms with Gasteiger partial charge in [0.1, 0.15) is 0 Å². The Hall–Kier alpha value is -0.280. The fourth-order valence-electron chi connectivity index (χ4n) is 2.33. The van der Waals surface area contributed by atoms with Crippen molar-refractivity contribution >= 4 is 53.1 Å². The summed E-state index contributed by atoms with van der Waals surface area (Å²) >= 11 is 12.1. The Morgan fingerprint density at radius 2 is 2.09 bits per heavy atom. The quantitative estimate of drug-likeness (QED) is 0.393. The zero-order valence-corrected chi connectivity index (χ0v) is 16.9. The summed E-state index contributed by atoms with van der Waals surface area (Å²) < 4.78 is 5.31. The summed E-state index contributed by atoms with van der Waals surface area (Å²) in [5, 5.41) is 4.39. The Morgan fingerprint density at radius 3 is 2.74 bits per heavy atom. The maximum absolute atomic E-state index is 6.19. The summed E-state index contributed by atoms with van der Waals surface area (Å²) in [6.07, 6.45) is 0. The third-order valence-corrected chi connectivity index (χ3v) is 4.16. The fraction of sp³-hybridized carbons (Fsp3) is 0.533. The van der Waals surface area contributed by atoms with Gasteiger partial charge in [-0.05, 0) is 24.6 Å². The molecular formula is C15H23Cl2IN4O. The largest absolute Gasteiger partial charge is 0.379 e. The minimum atomic E-state index is -0.0306. The van der Waals surface area contributed by atoms with Crippen LogP contribution in [0.1, 0.15) is 18.5 Å². The summed E-state index contributed by atoms with van der Waals surface area (Å²) in [5.41, 5.74) is 6.88. The smallest absolute Gasteiger partial charge is 0.189 e. The van der Waals surface area contributed by atoms with Gasteiger partial charge >= 0.3 is 0 Å². The van der Waals surface area contributed by atoms with Crippen LogP contribution in [0, 0.1) is 0 Å². The SMILES string of the molecule is CC(NC(N)=NCCN1CCOCC1)c1ccc(Cl)cc1Cl.I. The molecule has 0 aliphatic carbocycles. The van der Waals surface area contributed by atoms with E-state index >= 15 is 0 Å². The lowest BCUT2D eigenvalue weighted by atomic mass is 10.1. The highest BCUT2D eigenvalue weighted by molar-refractivity contribution is 14.0. The molecule has 8 heteroatoms. The molecule has 130 valence electrons. The van der Waals surface area contributed by atoms with Crippen LogP contribution in [0.2, 0.25) is 10.0 Å². The van der Waals surface area contributed by atoms with Crippen molar-refractivity contribution in [2.45, 2.75) is 13.0 Å². The summed E-state index contributed by atoms with van der Waals surface area (Å²) in [7, 11) is 0. The Balaban J connectivity index is 0.00000264. The van der Waals surface area contributed by atoms with Gasteiger partial charge in [0.05, 0.1) is 25.8 Å². The molecule has 5 nitrogen and oxygen atoms in total. The Kier molecular flexibility index (Phi) is 9.53. The molecule has 0 saturated carbocycles. The molecule has 1 saturated heterocycles. The first-order chi connectivity index (χ1) is 10.6. The van der Waals surface area contributed by atoms with Crippen molar-refractivity contribution in [2.24, 2.45) is 10.7 Å². The summed E-state index contributed by atoms with van der Waals surface area (Å²) in [6.45, 7) is 7.05. The molecule has 2 rings (SSSR count). The maximum Gasteiger partial charge on any atom is 0.189 e. The second kappa shape index (κ2) is 10.6. The molecule has 1 fully saturated rings. The Morgan fingerprint density at radius 1 is 1.39 bits per heavy atom. The first-order valence-electron chi connectivity index (χ1n) is 7.38. The van der Waals surface area contributed by atoms with E-state index in [1.807, 2.05) is 19.1 Å². The maximum atomic E-state index is 6.19. The Bertz CT molecular complexity index is 524. The molecule has 0 aromatic heterocycles. The van der Waals surface area contributed by atoms with E-state index in [4.69, 9.17) is 33.7 Å². The number of nitrogens with one attached hydrogen (secondary N) is 1. The molecular weight excluding hydrogens is 450 g/mol. The van der Waals surface area contributed by atoms with E-state index in [0.29, 0.717) is 22.5 Å². The summed E-state index contributed by atoms with van der Waals surface area (Å²) in [5.74, 6) is 0.423. The average molecular weight is 473 g/mol. The van der Waals surface area contributed by atoms with Gasteiger partial charge in [-0.15, -0.1) is 24.0 Å². The highest BCUT2D eigenvalue weighted by atomic mass is 127. The van der Waals surface area contributed by atoms with Crippen molar-refractivity contribution in [3.63, 3.8) is 0 Å². The van der Waals surface area contributed by atoms with E-state index < -0.39 is 0 Å². The van der Waals surface area contributed by atoms with E-state index in [1.165, 1.54) is 0 Å². The van der Waals surface area contributed by atoms with Crippen molar-refractivity contribution in [3.05, 3.63) is 33.8 Å². The van der Waals surface area contributed by atoms with Crippen molar-refractivity contribution in [3.8, 4) is 0 Å². The van der Waals surface area contributed by atoms with Crippen LogP contribution in [-0.4, -0.2) is 50.3 Å². The predicted molar refractivity (Wildman–Crippen MR) is 107 cm³/mol. The van der Waals surface area contributed by atoms with Crippen molar-refractivity contribution in [1.82, 2.24) is 10.2 Å². The van der Waals surface area contributed by atoms with Gasteiger partial charge in [-0.25, -0.2) is 0 Å². The number of rotatable bonds is 5. The second-order valence-electron chi connectivity index (χ2n) is 5.25. The molecule has 0 bridgehead atoms. The van der Waals surface area contributed by atoms with Crippen LogP contribution in [-0.2, 0) is 4.74 Å². The van der Waals surface area contributed by atoms with E-state index in [1.54, 1.807) is 6.07 Å². The molecule has 23 heavy (non-hydrogen) atoms. The van der Waals surface area contributed by atoms with Gasteiger partial charge in [0.15, 0.2) is 5.96 Å². The van der Waals surface area contributed by atoms with Crippen LogP contribution in [0.5, 0.6) is 0 Å². The van der Waals surface area contributed by atoms with Crippen LogP contribution in [0.3, 0.4) is 0 Å². The van der Waals surface area contributed by atoms with Gasteiger partial charge < -0.3 is 15.8 Å². The monoisotopic (exact) mass is 472 g/mol. The standard InChI is InChI=1S/C15H22Cl2N4O.HI/c1-11(13-3-2-12(16)10-14(13)17)20-15(18)19-4-5-21-6-8-22-9-7-21;/h2-3,10-11H,4-9H2,1H3,(H3,18,19,20);1H. The molecule has 1 atom stereocenters. The number of hydrogen-bond donors (Lipinski definition) is 2. The minimum Gasteiger partial charge on any atom is -0.379 e. The van der Waals surface area contributed by atoms with E-state index in [-0.39, 0.29) is 30.0 Å². The number of ether oxygens (including phenoxy) is 1. The zero-order chi connectivity index (χ0) is 15.9. The van der Waals surface area contributed by atoms with E-state index in [2.05, 4.69) is 15.2 Å². The topological polar surface area (TPSA) is 62.9 Å². The van der Waals surface area contributed by atoms with Crippen LogP contribution < -0.4 is 11.1 Å². The average Bonchev–Trinajstić information content (AvgIpc) is 2.48. The Labute approximate surface area is 164 Å². The molecule has 1 aromatic carbocycles. The highest BCUT2D eigenvalue weighted by Gasteiger charge is 2.11. The van der Waals surface area contributed by atoms with Gasteiger partial charge in [-0.3, -0.25) is 9.89 Å². The molecule has 3 N–H and O–H groups in total. The normalized spacial score (nSPS) is 17.4. The van der Waals surface area contributed by atoms with Crippen molar-refractivity contribution < 1.29 is 4.74 Å². The summed E-state index contributed by atoms with van der Waals surface area (Å²) in [6, 6.07) is 5.40. The van der Waals surface area contributed by atoms with Crippen molar-refractivity contribution in [2.75, 3.05) is 39.4 Å². The minimum absolute atomic E-state index is 0. The lowest BCUT2D eigenvalue weighted by molar-refractivity contribution is 0.0394. The fourth-order valence-corrected chi connectivity index (χ4v) is 2.91. The number of nitrogens with two attached hydrogens (primary N) is 1. The van der Waals surface area contributed by atoms with Crippen LogP contribution >= 0.6 is 47.2 Å². The van der Waals surface area contributed by atoms with E-state index in [9.17, 15) is 0 Å². The van der Waals surface area contributed by atoms with Gasteiger partial charge in [0, 0.05) is 29.7 Å². The molecule has 1 unspecified atom stereocenters. The molecule has 0 spiro atoms. The molecule has 1 heterocycles. The molecule has 0 amide bonds. The highest BCUT2D eigenvalue weighted by Crippen LogP contribution is 2.25. The number of morpholine rings is 1. The molecule has 1 aromatic rings. The van der Waals surface area contributed by atoms with Gasteiger partial charge in [0.2, 0.25) is 0 Å². The first kappa shape index (κ1) is 20.8. The lowest BCUT2D eigenvalue weighted by Gasteiger charge is -2.25. The van der Waals surface area contributed by atoms with Crippen LogP contribution in [0.15, 0.2) is 23.2 Å². The molecule has 0 radical (unpaired) electrons.